The summed E-state index contributed by atoms with van der Waals surface area (Å²) in [6.07, 6.45) is 0. The van der Waals surface area contributed by atoms with E-state index < -0.39 is 16.5 Å². The van der Waals surface area contributed by atoms with Gasteiger partial charge in [-0.15, -0.1) is 0 Å². The lowest BCUT2D eigenvalue weighted by molar-refractivity contribution is -0.120. The molecule has 6 nitrogen and oxygen atoms in total. The van der Waals surface area contributed by atoms with E-state index in [2.05, 4.69) is 13.4 Å². The molecule has 0 radical (unpaired) electrons. The lowest BCUT2D eigenvalue weighted by Gasteiger charge is -1.97. The van der Waals surface area contributed by atoms with E-state index in [0.29, 0.717) is 0 Å². The highest BCUT2D eigenvalue weighted by Gasteiger charge is 2.03. The summed E-state index contributed by atoms with van der Waals surface area (Å²) in [6, 6.07) is 0. The molecule has 0 N–H and O–H groups in total. The van der Waals surface area contributed by atoms with Crippen LogP contribution in [0.3, 0.4) is 0 Å². The fraction of sp³-hybridized carbons (Fsp3) is 0.500. The van der Waals surface area contributed by atoms with Crippen molar-refractivity contribution < 1.29 is 27.3 Å². The largest absolute Gasteiger partial charge is 0.396 e. The highest BCUT2D eigenvalue weighted by Crippen LogP contribution is 2.38. The Kier molecular flexibility index (Phi) is 5.54. The van der Waals surface area contributed by atoms with Crippen molar-refractivity contribution in [2.75, 3.05) is 7.11 Å². The van der Waals surface area contributed by atoms with Gasteiger partial charge >= 0.3 is 16.5 Å². The molecule has 8 heteroatoms. The van der Waals surface area contributed by atoms with Crippen molar-refractivity contribution in [3.63, 3.8) is 0 Å². The van der Waals surface area contributed by atoms with Crippen LogP contribution >= 0.6 is 16.5 Å². The average Bonchev–Trinajstić information content (AvgIpc) is 1.88. The van der Waals surface area contributed by atoms with Gasteiger partial charge in [0.25, 0.3) is 6.47 Å². The van der Waals surface area contributed by atoms with Gasteiger partial charge in [-0.2, -0.15) is 0 Å². The molecule has 2 atom stereocenters. The molecular weight excluding hydrogens is 182 g/mol. The summed E-state index contributed by atoms with van der Waals surface area (Å²) in [6.45, 7) is -0.0495. The van der Waals surface area contributed by atoms with Crippen molar-refractivity contribution in [3.8, 4) is 0 Å². The topological polar surface area (TPSA) is 78.9 Å². The smallest absolute Gasteiger partial charge is 0.376 e. The Bertz CT molecular complexity index is 154. The van der Waals surface area contributed by atoms with Gasteiger partial charge < -0.3 is 9.05 Å². The summed E-state index contributed by atoms with van der Waals surface area (Å²) in [5, 5.41) is 0. The van der Waals surface area contributed by atoms with E-state index in [4.69, 9.17) is 0 Å². The zero-order chi connectivity index (χ0) is 7.98. The molecule has 0 aromatic rings. The average molecular weight is 188 g/mol. The van der Waals surface area contributed by atoms with E-state index in [1.807, 2.05) is 0 Å². The molecule has 0 saturated heterocycles. The molecule has 0 heterocycles. The van der Waals surface area contributed by atoms with E-state index in [0.717, 1.165) is 7.11 Å². The van der Waals surface area contributed by atoms with Crippen LogP contribution in [0.25, 0.3) is 0 Å². The number of hydrogen-bond donors (Lipinski definition) is 0. The minimum absolute atomic E-state index is 0.0495. The molecule has 0 aromatic carbocycles. The van der Waals surface area contributed by atoms with Crippen LogP contribution < -0.4 is 0 Å². The van der Waals surface area contributed by atoms with Gasteiger partial charge in [-0.3, -0.25) is 9.36 Å². The first-order valence-electron chi connectivity index (χ1n) is 2.10. The van der Waals surface area contributed by atoms with Crippen LogP contribution in [0.1, 0.15) is 0 Å². The van der Waals surface area contributed by atoms with Crippen LogP contribution in [0.15, 0.2) is 0 Å². The van der Waals surface area contributed by atoms with E-state index >= 15 is 0 Å². The molecule has 0 aliphatic heterocycles. The highest BCUT2D eigenvalue weighted by atomic mass is 31.2. The summed E-state index contributed by atoms with van der Waals surface area (Å²) in [5.41, 5.74) is 0. The first-order chi connectivity index (χ1) is 4.70. The number of rotatable bonds is 5. The SMILES string of the molecule is CO[PH](=O)O[PH](=O)OC=O. The minimum Gasteiger partial charge on any atom is -0.396 e. The van der Waals surface area contributed by atoms with Crippen LogP contribution in [-0.2, 0) is 27.3 Å². The molecule has 0 amide bonds. The van der Waals surface area contributed by atoms with Gasteiger partial charge in [0.2, 0.25) is 0 Å². The van der Waals surface area contributed by atoms with Crippen LogP contribution in [-0.4, -0.2) is 13.6 Å². The molecular formula is C2H6O6P2. The quantitative estimate of drug-likeness (QED) is 0.464. The molecule has 0 spiro atoms. The zero-order valence-electron chi connectivity index (χ0n) is 5.03. The zero-order valence-corrected chi connectivity index (χ0v) is 7.03. The number of carbonyl (C=O) groups excluding carboxylic acids is 1. The van der Waals surface area contributed by atoms with Gasteiger partial charge in [0.15, 0.2) is 0 Å². The van der Waals surface area contributed by atoms with Gasteiger partial charge in [0, 0.05) is 7.11 Å². The molecule has 60 valence electrons. The Morgan fingerprint density at radius 3 is 2.30 bits per heavy atom. The predicted octanol–water partition coefficient (Wildman–Crippen LogP) is 0.602. The Balaban J connectivity index is 3.57. The van der Waals surface area contributed by atoms with Crippen LogP contribution in [0.2, 0.25) is 0 Å². The van der Waals surface area contributed by atoms with Crippen molar-refractivity contribution in [1.82, 2.24) is 0 Å². The molecule has 0 fully saturated rings. The van der Waals surface area contributed by atoms with E-state index in [1.54, 1.807) is 0 Å². The monoisotopic (exact) mass is 188 g/mol. The van der Waals surface area contributed by atoms with Crippen LogP contribution in [0, 0.1) is 0 Å². The van der Waals surface area contributed by atoms with Crippen LogP contribution in [0.4, 0.5) is 0 Å². The molecule has 0 saturated carbocycles. The Hall–Kier alpha value is -0.150. The molecule has 0 rings (SSSR count). The standard InChI is InChI=1S/C2H6O6P2/c1-6-9(4)8-10(5)7-2-3/h2,9-10H,1H3. The molecule has 0 aliphatic carbocycles. The summed E-state index contributed by atoms with van der Waals surface area (Å²) in [7, 11) is -4.59. The lowest BCUT2D eigenvalue weighted by atomic mass is 11.7. The summed E-state index contributed by atoms with van der Waals surface area (Å²) >= 11 is 0. The van der Waals surface area contributed by atoms with Gasteiger partial charge in [0.1, 0.15) is 0 Å². The first kappa shape index (κ1) is 9.85. The molecule has 10 heavy (non-hydrogen) atoms. The van der Waals surface area contributed by atoms with Crippen molar-refractivity contribution in [1.29, 1.82) is 0 Å². The fourth-order valence-electron chi connectivity index (χ4n) is 0.173. The second-order valence-electron chi connectivity index (χ2n) is 1.02. The van der Waals surface area contributed by atoms with Crippen molar-refractivity contribution in [2.24, 2.45) is 0 Å². The lowest BCUT2D eigenvalue weighted by Crippen LogP contribution is -1.75. The van der Waals surface area contributed by atoms with Gasteiger partial charge in [-0.25, -0.2) is 8.88 Å². The summed E-state index contributed by atoms with van der Waals surface area (Å²) in [5.74, 6) is 0. The Morgan fingerprint density at radius 2 is 1.90 bits per heavy atom. The maximum absolute atomic E-state index is 10.3. The number of carbonyl (C=O) groups is 1. The third kappa shape index (κ3) is 4.70. The third-order valence-electron chi connectivity index (χ3n) is 0.478. The van der Waals surface area contributed by atoms with Crippen LogP contribution in [0.5, 0.6) is 0 Å². The summed E-state index contributed by atoms with van der Waals surface area (Å²) < 4.78 is 32.5. The normalized spacial score (nSPS) is 15.7. The maximum atomic E-state index is 10.3. The maximum Gasteiger partial charge on any atom is 0.376 e. The second kappa shape index (κ2) is 5.62. The minimum atomic E-state index is -2.96. The second-order valence-corrected chi connectivity index (χ2v) is 3.48. The predicted molar refractivity (Wildman–Crippen MR) is 33.2 cm³/mol. The van der Waals surface area contributed by atoms with E-state index in [1.165, 1.54) is 0 Å². The third-order valence-corrected chi connectivity index (χ3v) is 2.43. The van der Waals surface area contributed by atoms with Gasteiger partial charge in [0.05, 0.1) is 0 Å². The summed E-state index contributed by atoms with van der Waals surface area (Å²) in [4.78, 5) is 9.48. The molecule has 0 aliphatic rings. The van der Waals surface area contributed by atoms with Crippen molar-refractivity contribution in [3.05, 3.63) is 0 Å². The van der Waals surface area contributed by atoms with E-state index in [-0.39, 0.29) is 6.47 Å². The van der Waals surface area contributed by atoms with Gasteiger partial charge in [-0.1, -0.05) is 0 Å². The molecule has 2 unspecified atom stereocenters. The van der Waals surface area contributed by atoms with Crippen molar-refractivity contribution in [2.45, 2.75) is 0 Å². The van der Waals surface area contributed by atoms with Crippen molar-refractivity contribution >= 4 is 23.0 Å². The molecule has 0 bridgehead atoms. The first-order valence-corrected chi connectivity index (χ1v) is 4.55. The number of hydrogen-bond acceptors (Lipinski definition) is 6. The van der Waals surface area contributed by atoms with Gasteiger partial charge in [-0.05, 0) is 0 Å². The van der Waals surface area contributed by atoms with E-state index in [9.17, 15) is 13.9 Å². The Morgan fingerprint density at radius 1 is 1.30 bits per heavy atom. The Labute approximate surface area is 58.4 Å². The molecule has 0 aromatic heterocycles. The fourth-order valence-corrected chi connectivity index (χ4v) is 1.32. The highest BCUT2D eigenvalue weighted by molar-refractivity contribution is 7.47.